The van der Waals surface area contributed by atoms with Crippen LogP contribution in [-0.2, 0) is 16.4 Å². The van der Waals surface area contributed by atoms with Crippen LogP contribution >= 0.6 is 23.2 Å². The number of benzene rings is 2. The molecule has 0 N–H and O–H groups in total. The third kappa shape index (κ3) is 4.39. The van der Waals surface area contributed by atoms with E-state index < -0.39 is 10.0 Å². The predicted octanol–water partition coefficient (Wildman–Crippen LogP) is 3.87. The molecular weight excluding hydrogens is 385 g/mol. The van der Waals surface area contributed by atoms with Gasteiger partial charge in [-0.05, 0) is 36.2 Å². The zero-order chi connectivity index (χ0) is 18.6. The molecule has 136 valence electrons. The lowest BCUT2D eigenvalue weighted by atomic mass is 10.1. The lowest BCUT2D eigenvalue weighted by molar-refractivity contribution is 0.354. The third-order valence-electron chi connectivity index (χ3n) is 3.75. The topological polar surface area (TPSA) is 55.8 Å². The van der Waals surface area contributed by atoms with Crippen LogP contribution in [0.1, 0.15) is 5.56 Å². The standard InChI is InChI=1S/C17H19Cl2NO4S/c1-20(25(21,22)17-13(18)5-4-6-14(17)19)10-9-12-7-8-15(23-2)16(11-12)24-3/h4-8,11H,9-10H2,1-3H3. The molecule has 0 aliphatic rings. The number of rotatable bonds is 7. The molecule has 5 nitrogen and oxygen atoms in total. The van der Waals surface area contributed by atoms with E-state index >= 15 is 0 Å². The van der Waals surface area contributed by atoms with Gasteiger partial charge in [-0.1, -0.05) is 35.3 Å². The van der Waals surface area contributed by atoms with Gasteiger partial charge in [0, 0.05) is 13.6 Å². The van der Waals surface area contributed by atoms with Gasteiger partial charge in [-0.3, -0.25) is 0 Å². The third-order valence-corrected chi connectivity index (χ3v) is 6.56. The van der Waals surface area contributed by atoms with Gasteiger partial charge in [0.05, 0.1) is 24.3 Å². The molecule has 0 atom stereocenters. The molecule has 0 aromatic heterocycles. The zero-order valence-electron chi connectivity index (χ0n) is 14.1. The predicted molar refractivity (Wildman–Crippen MR) is 99.5 cm³/mol. The van der Waals surface area contributed by atoms with Gasteiger partial charge in [0.2, 0.25) is 10.0 Å². The van der Waals surface area contributed by atoms with E-state index in [0.29, 0.717) is 17.9 Å². The van der Waals surface area contributed by atoms with Crippen LogP contribution in [0.3, 0.4) is 0 Å². The zero-order valence-corrected chi connectivity index (χ0v) is 16.5. The Kier molecular flexibility index (Phi) is 6.57. The van der Waals surface area contributed by atoms with E-state index in [0.717, 1.165) is 5.56 Å². The Labute approximate surface area is 158 Å². The van der Waals surface area contributed by atoms with Crippen LogP contribution in [0.4, 0.5) is 0 Å². The summed E-state index contributed by atoms with van der Waals surface area (Å²) >= 11 is 12.1. The number of hydrogen-bond donors (Lipinski definition) is 0. The molecule has 0 spiro atoms. The van der Waals surface area contributed by atoms with Crippen LogP contribution in [0.5, 0.6) is 11.5 Å². The quantitative estimate of drug-likeness (QED) is 0.703. The van der Waals surface area contributed by atoms with Gasteiger partial charge in [-0.15, -0.1) is 0 Å². The van der Waals surface area contributed by atoms with Crippen molar-refractivity contribution in [1.29, 1.82) is 0 Å². The van der Waals surface area contributed by atoms with Crippen molar-refractivity contribution in [3.8, 4) is 11.5 Å². The Hall–Kier alpha value is -1.47. The summed E-state index contributed by atoms with van der Waals surface area (Å²) in [4.78, 5) is -0.0758. The second kappa shape index (κ2) is 8.27. The van der Waals surface area contributed by atoms with Crippen molar-refractivity contribution in [3.63, 3.8) is 0 Å². The number of ether oxygens (including phenoxy) is 2. The van der Waals surface area contributed by atoms with Crippen molar-refractivity contribution < 1.29 is 17.9 Å². The number of hydrogen-bond acceptors (Lipinski definition) is 4. The largest absolute Gasteiger partial charge is 0.493 e. The maximum Gasteiger partial charge on any atom is 0.245 e. The average molecular weight is 404 g/mol. The van der Waals surface area contributed by atoms with Crippen LogP contribution < -0.4 is 9.47 Å². The highest BCUT2D eigenvalue weighted by molar-refractivity contribution is 7.89. The molecule has 2 aromatic rings. The highest BCUT2D eigenvalue weighted by Gasteiger charge is 2.26. The van der Waals surface area contributed by atoms with Crippen molar-refractivity contribution in [3.05, 3.63) is 52.0 Å². The van der Waals surface area contributed by atoms with Crippen molar-refractivity contribution >= 4 is 33.2 Å². The average Bonchev–Trinajstić information content (AvgIpc) is 2.58. The van der Waals surface area contributed by atoms with Gasteiger partial charge in [0.1, 0.15) is 4.90 Å². The van der Waals surface area contributed by atoms with E-state index in [9.17, 15) is 8.42 Å². The van der Waals surface area contributed by atoms with Crippen molar-refractivity contribution in [2.24, 2.45) is 0 Å². The second-order valence-electron chi connectivity index (χ2n) is 5.32. The highest BCUT2D eigenvalue weighted by Crippen LogP contribution is 2.31. The number of nitrogens with zero attached hydrogens (tertiary/aromatic N) is 1. The number of sulfonamides is 1. The van der Waals surface area contributed by atoms with Gasteiger partial charge in [0.15, 0.2) is 11.5 Å². The summed E-state index contributed by atoms with van der Waals surface area (Å²) < 4.78 is 37.1. The van der Waals surface area contributed by atoms with Crippen molar-refractivity contribution in [2.75, 3.05) is 27.8 Å². The molecule has 0 aliphatic heterocycles. The second-order valence-corrected chi connectivity index (χ2v) is 8.11. The summed E-state index contributed by atoms with van der Waals surface area (Å²) in [6, 6.07) is 10.1. The van der Waals surface area contributed by atoms with Crippen LogP contribution in [0, 0.1) is 0 Å². The maximum absolute atomic E-state index is 12.7. The number of halogens is 2. The summed E-state index contributed by atoms with van der Waals surface area (Å²) in [6.07, 6.45) is 0.498. The first-order valence-corrected chi connectivity index (χ1v) is 9.62. The Balaban J connectivity index is 2.18. The number of methoxy groups -OCH3 is 2. The molecule has 0 bridgehead atoms. The molecule has 0 saturated carbocycles. The minimum Gasteiger partial charge on any atom is -0.493 e. The van der Waals surface area contributed by atoms with E-state index in [-0.39, 0.29) is 21.5 Å². The van der Waals surface area contributed by atoms with E-state index in [1.165, 1.54) is 23.5 Å². The summed E-state index contributed by atoms with van der Waals surface area (Å²) in [6.45, 7) is 0.263. The monoisotopic (exact) mass is 403 g/mol. The van der Waals surface area contributed by atoms with E-state index in [4.69, 9.17) is 32.7 Å². The van der Waals surface area contributed by atoms with Gasteiger partial charge in [0.25, 0.3) is 0 Å². The normalized spacial score (nSPS) is 11.6. The van der Waals surface area contributed by atoms with Crippen LogP contribution in [0.15, 0.2) is 41.3 Å². The molecule has 0 fully saturated rings. The van der Waals surface area contributed by atoms with Crippen molar-refractivity contribution in [2.45, 2.75) is 11.3 Å². The molecule has 0 amide bonds. The first-order valence-electron chi connectivity index (χ1n) is 7.42. The maximum atomic E-state index is 12.7. The van der Waals surface area contributed by atoms with Gasteiger partial charge in [-0.25, -0.2) is 12.7 Å². The Bertz CT molecular complexity index is 835. The van der Waals surface area contributed by atoms with Crippen LogP contribution in [-0.4, -0.2) is 40.5 Å². The van der Waals surface area contributed by atoms with Crippen LogP contribution in [0.2, 0.25) is 10.0 Å². The summed E-state index contributed by atoms with van der Waals surface area (Å²) in [7, 11) is 0.824. The Morgan fingerprint density at radius 2 is 1.60 bits per heavy atom. The SMILES string of the molecule is COc1ccc(CCN(C)S(=O)(=O)c2c(Cl)cccc2Cl)cc1OC. The lowest BCUT2D eigenvalue weighted by Crippen LogP contribution is -2.29. The fourth-order valence-corrected chi connectivity index (χ4v) is 4.58. The molecule has 25 heavy (non-hydrogen) atoms. The van der Waals surface area contributed by atoms with E-state index in [2.05, 4.69) is 0 Å². The molecule has 0 aliphatic carbocycles. The fraction of sp³-hybridized carbons (Fsp3) is 0.294. The molecule has 2 rings (SSSR count). The first-order chi connectivity index (χ1) is 11.8. The Morgan fingerprint density at radius 3 is 2.16 bits per heavy atom. The molecule has 0 heterocycles. The van der Waals surface area contributed by atoms with Crippen LogP contribution in [0.25, 0.3) is 0 Å². The Morgan fingerprint density at radius 1 is 1.00 bits per heavy atom. The molecule has 8 heteroatoms. The lowest BCUT2D eigenvalue weighted by Gasteiger charge is -2.19. The van der Waals surface area contributed by atoms with E-state index in [1.54, 1.807) is 26.4 Å². The summed E-state index contributed by atoms with van der Waals surface area (Å²) in [5.41, 5.74) is 0.921. The van der Waals surface area contributed by atoms with Gasteiger partial charge < -0.3 is 9.47 Å². The molecular formula is C17H19Cl2NO4S. The smallest absolute Gasteiger partial charge is 0.245 e. The highest BCUT2D eigenvalue weighted by atomic mass is 35.5. The van der Waals surface area contributed by atoms with Gasteiger partial charge in [-0.2, -0.15) is 0 Å². The first kappa shape index (κ1) is 19.8. The minimum absolute atomic E-state index is 0.0758. The number of likely N-dealkylation sites (N-methyl/N-ethyl adjacent to an activating group) is 1. The minimum atomic E-state index is -3.79. The molecule has 2 aromatic carbocycles. The van der Waals surface area contributed by atoms with E-state index in [1.807, 2.05) is 12.1 Å². The molecule has 0 radical (unpaired) electrons. The van der Waals surface area contributed by atoms with Gasteiger partial charge >= 0.3 is 0 Å². The summed E-state index contributed by atoms with van der Waals surface area (Å²) in [5, 5.41) is 0.205. The summed E-state index contributed by atoms with van der Waals surface area (Å²) in [5.74, 6) is 1.22. The van der Waals surface area contributed by atoms with Crippen molar-refractivity contribution in [1.82, 2.24) is 4.31 Å². The fourth-order valence-electron chi connectivity index (χ4n) is 2.33. The molecule has 0 unspecified atom stereocenters. The molecule has 0 saturated heterocycles.